The van der Waals surface area contributed by atoms with E-state index in [4.69, 9.17) is 4.74 Å². The average Bonchev–Trinajstić information content (AvgIpc) is 2.88. The van der Waals surface area contributed by atoms with Gasteiger partial charge in [-0.25, -0.2) is 0 Å². The highest BCUT2D eigenvalue weighted by atomic mass is 16.6. The number of aliphatic hydroxyl groups is 2. The van der Waals surface area contributed by atoms with Crippen LogP contribution in [-0.4, -0.2) is 59.0 Å². The van der Waals surface area contributed by atoms with E-state index in [0.717, 1.165) is 25.1 Å². The first-order valence-corrected chi connectivity index (χ1v) is 9.59. The summed E-state index contributed by atoms with van der Waals surface area (Å²) in [6.07, 6.45) is 5.49. The van der Waals surface area contributed by atoms with Crippen molar-refractivity contribution in [1.82, 2.24) is 4.90 Å². The molecule has 0 saturated carbocycles. The van der Waals surface area contributed by atoms with Crippen LogP contribution in [0.1, 0.15) is 45.4 Å². The highest BCUT2D eigenvalue weighted by Gasteiger charge is 2.48. The molecular formula is C20H31NO4. The molecule has 25 heavy (non-hydrogen) atoms. The molecule has 2 heterocycles. The Hall–Kier alpha value is -1.17. The average molecular weight is 349 g/mol. The number of fused-ring (bicyclic) bond motifs is 1. The summed E-state index contributed by atoms with van der Waals surface area (Å²) in [5, 5.41) is 21.1. The molecule has 3 aliphatic rings. The molecule has 0 unspecified atom stereocenters. The largest absolute Gasteiger partial charge is 0.461 e. The zero-order valence-corrected chi connectivity index (χ0v) is 15.2. The second kappa shape index (κ2) is 8.02. The molecule has 0 amide bonds. The maximum absolute atomic E-state index is 12.6. The summed E-state index contributed by atoms with van der Waals surface area (Å²) in [7, 11) is 0. The fourth-order valence-corrected chi connectivity index (χ4v) is 4.43. The van der Waals surface area contributed by atoms with Crippen molar-refractivity contribution in [3.8, 4) is 0 Å². The van der Waals surface area contributed by atoms with Gasteiger partial charge in [-0.05, 0) is 51.3 Å². The molecule has 0 radical (unpaired) electrons. The first-order valence-electron chi connectivity index (χ1n) is 9.59. The number of aliphatic hydroxyl groups excluding tert-OH is 2. The predicted octanol–water partition coefficient (Wildman–Crippen LogP) is 2.04. The van der Waals surface area contributed by atoms with Crippen LogP contribution in [0.15, 0.2) is 23.8 Å². The molecule has 1 aliphatic carbocycles. The monoisotopic (exact) mass is 349 g/mol. The number of ether oxygens (including phenoxy) is 1. The van der Waals surface area contributed by atoms with E-state index >= 15 is 0 Å². The van der Waals surface area contributed by atoms with Gasteiger partial charge in [0.15, 0.2) is 0 Å². The number of piperidine rings is 1. The molecular weight excluding hydrogens is 318 g/mol. The lowest BCUT2D eigenvalue weighted by atomic mass is 9.80. The standard InChI is InChI=1S/C20H31NO4/c1-13-6-7-16(22)14(2)11-18-19(17(23)10-13)15(20(24)25-18)12-21-8-4-3-5-9-21/h10,15-19,22-23H,2-9,11-12H2,1H3/b13-10+/t15-,16-,17+,18-,19-/m0/s1. The molecule has 0 aromatic rings. The van der Waals surface area contributed by atoms with Crippen molar-refractivity contribution in [3.63, 3.8) is 0 Å². The van der Waals surface area contributed by atoms with Crippen molar-refractivity contribution in [2.24, 2.45) is 11.8 Å². The number of carbonyl (C=O) groups is 1. The van der Waals surface area contributed by atoms with E-state index < -0.39 is 18.3 Å². The third-order valence-corrected chi connectivity index (χ3v) is 5.96. The molecule has 2 saturated heterocycles. The van der Waals surface area contributed by atoms with Gasteiger partial charge in [0, 0.05) is 18.9 Å². The molecule has 2 fully saturated rings. The second-order valence-electron chi connectivity index (χ2n) is 7.94. The van der Waals surface area contributed by atoms with Crippen LogP contribution in [0.25, 0.3) is 0 Å². The second-order valence-corrected chi connectivity index (χ2v) is 7.94. The number of carbonyl (C=O) groups excluding carboxylic acids is 1. The van der Waals surface area contributed by atoms with Gasteiger partial charge in [0.1, 0.15) is 6.10 Å². The van der Waals surface area contributed by atoms with E-state index in [2.05, 4.69) is 11.5 Å². The van der Waals surface area contributed by atoms with Crippen LogP contribution in [0, 0.1) is 11.8 Å². The Morgan fingerprint density at radius 1 is 1.28 bits per heavy atom. The summed E-state index contributed by atoms with van der Waals surface area (Å²) >= 11 is 0. The van der Waals surface area contributed by atoms with E-state index in [1.807, 2.05) is 13.0 Å². The Kier molecular flexibility index (Phi) is 5.97. The first-order chi connectivity index (χ1) is 12.0. The summed E-state index contributed by atoms with van der Waals surface area (Å²) in [4.78, 5) is 14.9. The van der Waals surface area contributed by atoms with Crippen LogP contribution >= 0.6 is 0 Å². The Bertz CT molecular complexity index is 538. The van der Waals surface area contributed by atoms with Crippen LogP contribution in [-0.2, 0) is 9.53 Å². The zero-order chi connectivity index (χ0) is 18.0. The number of likely N-dealkylation sites (tertiary alicyclic amines) is 1. The number of hydrogen-bond acceptors (Lipinski definition) is 5. The Labute approximate surface area is 150 Å². The quantitative estimate of drug-likeness (QED) is 0.590. The van der Waals surface area contributed by atoms with Crippen molar-refractivity contribution in [2.45, 2.75) is 63.8 Å². The summed E-state index contributed by atoms with van der Waals surface area (Å²) in [6.45, 7) is 8.63. The molecule has 0 aromatic carbocycles. The Morgan fingerprint density at radius 3 is 2.72 bits per heavy atom. The number of allylic oxidation sites excluding steroid dienone is 1. The molecule has 5 nitrogen and oxygen atoms in total. The topological polar surface area (TPSA) is 70.0 Å². The fraction of sp³-hybridized carbons (Fsp3) is 0.750. The molecule has 5 atom stereocenters. The van der Waals surface area contributed by atoms with Crippen molar-refractivity contribution in [3.05, 3.63) is 23.8 Å². The first kappa shape index (κ1) is 18.6. The van der Waals surface area contributed by atoms with E-state index in [1.165, 1.54) is 19.3 Å². The summed E-state index contributed by atoms with van der Waals surface area (Å²) in [6, 6.07) is 0. The SMILES string of the molecule is C=C1C[C@@H]2OC(=O)[C@@H](CN3CCCCC3)[C@H]2[C@H](O)/C=C(\C)CC[C@@H]1O. The molecule has 3 rings (SSSR count). The summed E-state index contributed by atoms with van der Waals surface area (Å²) < 4.78 is 5.65. The number of hydrogen-bond donors (Lipinski definition) is 2. The van der Waals surface area contributed by atoms with Gasteiger partial charge in [0.2, 0.25) is 0 Å². The van der Waals surface area contributed by atoms with Crippen molar-refractivity contribution in [1.29, 1.82) is 0 Å². The van der Waals surface area contributed by atoms with Gasteiger partial charge in [0.05, 0.1) is 18.1 Å². The minimum Gasteiger partial charge on any atom is -0.461 e. The van der Waals surface area contributed by atoms with E-state index in [9.17, 15) is 15.0 Å². The van der Waals surface area contributed by atoms with Gasteiger partial charge in [-0.3, -0.25) is 4.79 Å². The van der Waals surface area contributed by atoms with Crippen LogP contribution in [0.2, 0.25) is 0 Å². The molecule has 140 valence electrons. The fourth-order valence-electron chi connectivity index (χ4n) is 4.43. The van der Waals surface area contributed by atoms with Gasteiger partial charge in [-0.2, -0.15) is 0 Å². The van der Waals surface area contributed by atoms with Gasteiger partial charge >= 0.3 is 5.97 Å². The molecule has 0 aromatic heterocycles. The molecule has 0 spiro atoms. The van der Waals surface area contributed by atoms with E-state index in [1.54, 1.807) is 0 Å². The minimum atomic E-state index is -0.700. The smallest absolute Gasteiger partial charge is 0.311 e. The van der Waals surface area contributed by atoms with Gasteiger partial charge in [-0.15, -0.1) is 0 Å². The normalized spacial score (nSPS) is 40.1. The molecule has 5 heteroatoms. The third kappa shape index (κ3) is 4.33. The Morgan fingerprint density at radius 2 is 2.00 bits per heavy atom. The van der Waals surface area contributed by atoms with Crippen molar-refractivity contribution >= 4 is 5.97 Å². The minimum absolute atomic E-state index is 0.216. The maximum Gasteiger partial charge on any atom is 0.311 e. The van der Waals surface area contributed by atoms with Crippen LogP contribution < -0.4 is 0 Å². The molecule has 0 bridgehead atoms. The third-order valence-electron chi connectivity index (χ3n) is 5.96. The Balaban J connectivity index is 1.82. The predicted molar refractivity (Wildman–Crippen MR) is 95.9 cm³/mol. The lowest BCUT2D eigenvalue weighted by Crippen LogP contribution is -2.41. The lowest BCUT2D eigenvalue weighted by molar-refractivity contribution is -0.144. The van der Waals surface area contributed by atoms with Crippen LogP contribution in [0.4, 0.5) is 0 Å². The highest BCUT2D eigenvalue weighted by Crippen LogP contribution is 2.37. The van der Waals surface area contributed by atoms with Crippen molar-refractivity contribution < 1.29 is 19.7 Å². The van der Waals surface area contributed by atoms with Gasteiger partial charge < -0.3 is 19.8 Å². The van der Waals surface area contributed by atoms with Crippen molar-refractivity contribution in [2.75, 3.05) is 19.6 Å². The number of rotatable bonds is 2. The van der Waals surface area contributed by atoms with Crippen LogP contribution in [0.5, 0.6) is 0 Å². The van der Waals surface area contributed by atoms with Gasteiger partial charge in [-0.1, -0.05) is 24.6 Å². The van der Waals surface area contributed by atoms with E-state index in [0.29, 0.717) is 25.0 Å². The summed E-state index contributed by atoms with van der Waals surface area (Å²) in [5.41, 5.74) is 1.74. The number of nitrogens with zero attached hydrogens (tertiary/aromatic N) is 1. The maximum atomic E-state index is 12.6. The summed E-state index contributed by atoms with van der Waals surface area (Å²) in [5.74, 6) is -0.801. The zero-order valence-electron chi connectivity index (χ0n) is 15.2. The van der Waals surface area contributed by atoms with E-state index in [-0.39, 0.29) is 17.8 Å². The molecule has 2 aliphatic heterocycles. The number of esters is 1. The van der Waals surface area contributed by atoms with Crippen LogP contribution in [0.3, 0.4) is 0 Å². The molecule has 2 N–H and O–H groups in total. The highest BCUT2D eigenvalue weighted by molar-refractivity contribution is 5.76. The lowest BCUT2D eigenvalue weighted by Gasteiger charge is -2.32. The van der Waals surface area contributed by atoms with Gasteiger partial charge in [0.25, 0.3) is 0 Å².